The average Bonchev–Trinajstić information content (AvgIpc) is 2.88. The maximum absolute atomic E-state index is 11.9. The van der Waals surface area contributed by atoms with Crippen LogP contribution in [0.1, 0.15) is 28.9 Å². The van der Waals surface area contributed by atoms with Crippen LogP contribution in [0.15, 0.2) is 6.20 Å². The molecule has 0 spiro atoms. The Balaban J connectivity index is 0.00000162. The SMILES string of the molecule is Cc1nn(C)cc1C(=O)NCCC1CCNC1.Cl. The standard InChI is InChI=1S/C12H20N4O.ClH/c1-9-11(8-16(2)15-9)12(17)14-6-4-10-3-5-13-7-10;/h8,10,13H,3-7H2,1-2H3,(H,14,17);1H. The Hall–Kier alpha value is -1.07. The highest BCUT2D eigenvalue weighted by molar-refractivity contribution is 5.94. The number of carbonyl (C=O) groups is 1. The van der Waals surface area contributed by atoms with Gasteiger partial charge in [0.2, 0.25) is 0 Å². The molecule has 2 N–H and O–H groups in total. The van der Waals surface area contributed by atoms with E-state index in [-0.39, 0.29) is 18.3 Å². The summed E-state index contributed by atoms with van der Waals surface area (Å²) in [7, 11) is 1.83. The van der Waals surface area contributed by atoms with Gasteiger partial charge in [-0.3, -0.25) is 9.48 Å². The van der Waals surface area contributed by atoms with Crippen molar-refractivity contribution in [3.63, 3.8) is 0 Å². The highest BCUT2D eigenvalue weighted by Gasteiger charge is 2.15. The quantitative estimate of drug-likeness (QED) is 0.856. The molecule has 1 amide bonds. The minimum absolute atomic E-state index is 0. The van der Waals surface area contributed by atoms with Gasteiger partial charge in [-0.1, -0.05) is 0 Å². The Morgan fingerprint density at radius 3 is 3.00 bits per heavy atom. The van der Waals surface area contributed by atoms with E-state index in [9.17, 15) is 4.79 Å². The molecular weight excluding hydrogens is 252 g/mol. The molecule has 0 aliphatic carbocycles. The van der Waals surface area contributed by atoms with E-state index in [0.717, 1.165) is 31.7 Å². The first-order chi connectivity index (χ1) is 8.16. The summed E-state index contributed by atoms with van der Waals surface area (Å²) in [5.74, 6) is 0.701. The van der Waals surface area contributed by atoms with Crippen LogP contribution >= 0.6 is 12.4 Å². The topological polar surface area (TPSA) is 59.0 Å². The molecule has 6 heteroatoms. The van der Waals surface area contributed by atoms with Gasteiger partial charge in [0.05, 0.1) is 11.3 Å². The largest absolute Gasteiger partial charge is 0.352 e. The zero-order valence-electron chi connectivity index (χ0n) is 10.9. The van der Waals surface area contributed by atoms with E-state index in [4.69, 9.17) is 0 Å². The summed E-state index contributed by atoms with van der Waals surface area (Å²) < 4.78 is 1.67. The Kier molecular flexibility index (Phi) is 5.62. The number of hydrogen-bond donors (Lipinski definition) is 2. The number of rotatable bonds is 4. The predicted octanol–water partition coefficient (Wildman–Crippen LogP) is 0.880. The number of nitrogens with zero attached hydrogens (tertiary/aromatic N) is 2. The lowest BCUT2D eigenvalue weighted by Gasteiger charge is -2.08. The Labute approximate surface area is 114 Å². The number of hydrogen-bond acceptors (Lipinski definition) is 3. The molecule has 1 unspecified atom stereocenters. The highest BCUT2D eigenvalue weighted by atomic mass is 35.5. The van der Waals surface area contributed by atoms with Gasteiger partial charge in [0.1, 0.15) is 0 Å². The van der Waals surface area contributed by atoms with Gasteiger partial charge in [-0.25, -0.2) is 0 Å². The number of aromatic nitrogens is 2. The fourth-order valence-corrected chi connectivity index (χ4v) is 2.27. The van der Waals surface area contributed by atoms with Gasteiger partial charge in [0.25, 0.3) is 5.91 Å². The molecular formula is C12H21ClN4O. The molecule has 1 aliphatic rings. The summed E-state index contributed by atoms with van der Waals surface area (Å²) in [5.41, 5.74) is 1.46. The Morgan fingerprint density at radius 1 is 1.67 bits per heavy atom. The molecule has 0 radical (unpaired) electrons. The van der Waals surface area contributed by atoms with Gasteiger partial charge < -0.3 is 10.6 Å². The Bertz CT molecular complexity index is 399. The molecule has 5 nitrogen and oxygen atoms in total. The average molecular weight is 273 g/mol. The third kappa shape index (κ3) is 3.71. The zero-order chi connectivity index (χ0) is 12.3. The number of aryl methyl sites for hydroxylation is 2. The number of halogens is 1. The molecule has 1 fully saturated rings. The van der Waals surface area contributed by atoms with Crippen LogP contribution in [0.25, 0.3) is 0 Å². The zero-order valence-corrected chi connectivity index (χ0v) is 11.7. The van der Waals surface area contributed by atoms with Crippen molar-refractivity contribution in [2.24, 2.45) is 13.0 Å². The van der Waals surface area contributed by atoms with Crippen molar-refractivity contribution in [3.8, 4) is 0 Å². The van der Waals surface area contributed by atoms with E-state index in [1.807, 2.05) is 14.0 Å². The maximum atomic E-state index is 11.9. The second-order valence-corrected chi connectivity index (χ2v) is 4.71. The van der Waals surface area contributed by atoms with Gasteiger partial charge in [0.15, 0.2) is 0 Å². The van der Waals surface area contributed by atoms with Gasteiger partial charge in [-0.2, -0.15) is 5.10 Å². The molecule has 1 atom stereocenters. The summed E-state index contributed by atoms with van der Waals surface area (Å²) in [5, 5.41) is 10.5. The van der Waals surface area contributed by atoms with Gasteiger partial charge in [-0.05, 0) is 38.8 Å². The molecule has 2 heterocycles. The van der Waals surface area contributed by atoms with Crippen LogP contribution in [0.5, 0.6) is 0 Å². The van der Waals surface area contributed by atoms with E-state index in [2.05, 4.69) is 15.7 Å². The van der Waals surface area contributed by atoms with E-state index in [1.54, 1.807) is 10.9 Å². The van der Waals surface area contributed by atoms with E-state index in [1.165, 1.54) is 6.42 Å². The van der Waals surface area contributed by atoms with Crippen molar-refractivity contribution in [2.45, 2.75) is 19.8 Å². The smallest absolute Gasteiger partial charge is 0.254 e. The number of nitrogens with one attached hydrogen (secondary N) is 2. The van der Waals surface area contributed by atoms with Crippen LogP contribution in [-0.2, 0) is 7.05 Å². The van der Waals surface area contributed by atoms with E-state index in [0.29, 0.717) is 11.5 Å². The normalized spacial score (nSPS) is 18.4. The molecule has 1 saturated heterocycles. The van der Waals surface area contributed by atoms with Crippen molar-refractivity contribution in [1.29, 1.82) is 0 Å². The van der Waals surface area contributed by atoms with Crippen molar-refractivity contribution in [1.82, 2.24) is 20.4 Å². The Morgan fingerprint density at radius 2 is 2.44 bits per heavy atom. The van der Waals surface area contributed by atoms with Crippen LogP contribution in [-0.4, -0.2) is 35.3 Å². The van der Waals surface area contributed by atoms with Crippen molar-refractivity contribution >= 4 is 18.3 Å². The van der Waals surface area contributed by atoms with Crippen molar-refractivity contribution < 1.29 is 4.79 Å². The molecule has 1 aromatic rings. The fraction of sp³-hybridized carbons (Fsp3) is 0.667. The minimum atomic E-state index is -0.0124. The van der Waals surface area contributed by atoms with Crippen LogP contribution in [0.2, 0.25) is 0 Å². The summed E-state index contributed by atoms with van der Waals surface area (Å²) in [6.45, 7) is 4.80. The third-order valence-electron chi connectivity index (χ3n) is 3.26. The highest BCUT2D eigenvalue weighted by Crippen LogP contribution is 2.11. The summed E-state index contributed by atoms with van der Waals surface area (Å²) in [6, 6.07) is 0. The molecule has 1 aromatic heterocycles. The summed E-state index contributed by atoms with van der Waals surface area (Å²) in [6.07, 6.45) is 4.04. The molecule has 1 aliphatic heterocycles. The van der Waals surface area contributed by atoms with Crippen LogP contribution in [0, 0.1) is 12.8 Å². The molecule has 18 heavy (non-hydrogen) atoms. The molecule has 0 bridgehead atoms. The number of amides is 1. The molecule has 0 saturated carbocycles. The van der Waals surface area contributed by atoms with Crippen LogP contribution in [0.4, 0.5) is 0 Å². The van der Waals surface area contributed by atoms with Gasteiger partial charge in [0, 0.05) is 19.8 Å². The third-order valence-corrected chi connectivity index (χ3v) is 3.26. The first kappa shape index (κ1) is 15.0. The number of carbonyl (C=O) groups excluding carboxylic acids is 1. The summed E-state index contributed by atoms with van der Waals surface area (Å²) in [4.78, 5) is 11.9. The lowest BCUT2D eigenvalue weighted by molar-refractivity contribution is 0.0951. The maximum Gasteiger partial charge on any atom is 0.254 e. The van der Waals surface area contributed by atoms with Gasteiger partial charge >= 0.3 is 0 Å². The lowest BCUT2D eigenvalue weighted by atomic mass is 10.1. The second kappa shape index (κ2) is 6.75. The first-order valence-electron chi connectivity index (χ1n) is 6.16. The van der Waals surface area contributed by atoms with Crippen molar-refractivity contribution in [3.05, 3.63) is 17.5 Å². The molecule has 0 aromatic carbocycles. The lowest BCUT2D eigenvalue weighted by Crippen LogP contribution is -2.26. The van der Waals surface area contributed by atoms with Gasteiger partial charge in [-0.15, -0.1) is 12.4 Å². The van der Waals surface area contributed by atoms with Crippen LogP contribution in [0.3, 0.4) is 0 Å². The summed E-state index contributed by atoms with van der Waals surface area (Å²) >= 11 is 0. The predicted molar refractivity (Wildman–Crippen MR) is 73.1 cm³/mol. The van der Waals surface area contributed by atoms with Crippen LogP contribution < -0.4 is 10.6 Å². The van der Waals surface area contributed by atoms with Crippen molar-refractivity contribution in [2.75, 3.05) is 19.6 Å². The first-order valence-corrected chi connectivity index (χ1v) is 6.16. The monoisotopic (exact) mass is 272 g/mol. The minimum Gasteiger partial charge on any atom is -0.352 e. The molecule has 2 rings (SSSR count). The second-order valence-electron chi connectivity index (χ2n) is 4.71. The molecule has 102 valence electrons. The van der Waals surface area contributed by atoms with E-state index >= 15 is 0 Å². The fourth-order valence-electron chi connectivity index (χ4n) is 2.27. The van der Waals surface area contributed by atoms with E-state index < -0.39 is 0 Å².